The van der Waals surface area contributed by atoms with Gasteiger partial charge in [0.2, 0.25) is 5.88 Å². The van der Waals surface area contributed by atoms with Gasteiger partial charge in [0.1, 0.15) is 11.4 Å². The summed E-state index contributed by atoms with van der Waals surface area (Å²) >= 11 is 0. The SMILES string of the molecule is COc1nc(C2CC2)c(-c2ccc(F)cc2)cc1C(=O)O. The summed E-state index contributed by atoms with van der Waals surface area (Å²) in [5, 5.41) is 9.28. The molecule has 0 radical (unpaired) electrons. The van der Waals surface area contributed by atoms with Gasteiger partial charge in [0.25, 0.3) is 0 Å². The standard InChI is InChI=1S/C16H14FNO3/c1-21-15-13(16(19)20)8-12(14(18-15)10-2-3-10)9-4-6-11(17)7-5-9/h4-8,10H,2-3H2,1H3,(H,19,20). The summed E-state index contributed by atoms with van der Waals surface area (Å²) < 4.78 is 18.2. The lowest BCUT2D eigenvalue weighted by molar-refractivity contribution is 0.0692. The number of aromatic carboxylic acids is 1. The molecule has 0 unspecified atom stereocenters. The molecule has 1 saturated carbocycles. The van der Waals surface area contributed by atoms with Gasteiger partial charge in [0.15, 0.2) is 0 Å². The maximum atomic E-state index is 13.1. The van der Waals surface area contributed by atoms with Crippen LogP contribution in [0, 0.1) is 5.82 Å². The number of benzene rings is 1. The van der Waals surface area contributed by atoms with Gasteiger partial charge in [0, 0.05) is 11.5 Å². The molecule has 0 atom stereocenters. The van der Waals surface area contributed by atoms with Crippen molar-refractivity contribution in [1.29, 1.82) is 0 Å². The van der Waals surface area contributed by atoms with E-state index in [1.165, 1.54) is 19.2 Å². The van der Waals surface area contributed by atoms with Gasteiger partial charge in [-0.15, -0.1) is 0 Å². The van der Waals surface area contributed by atoms with Crippen molar-refractivity contribution in [3.05, 3.63) is 47.4 Å². The van der Waals surface area contributed by atoms with Crippen LogP contribution in [0.1, 0.15) is 34.8 Å². The molecule has 0 bridgehead atoms. The Hall–Kier alpha value is -2.43. The molecule has 1 aromatic heterocycles. The van der Waals surface area contributed by atoms with Gasteiger partial charge < -0.3 is 9.84 Å². The van der Waals surface area contributed by atoms with E-state index in [-0.39, 0.29) is 17.3 Å². The van der Waals surface area contributed by atoms with Gasteiger partial charge in [-0.3, -0.25) is 0 Å². The monoisotopic (exact) mass is 287 g/mol. The van der Waals surface area contributed by atoms with E-state index in [9.17, 15) is 14.3 Å². The lowest BCUT2D eigenvalue weighted by Gasteiger charge is -2.12. The van der Waals surface area contributed by atoms with Crippen molar-refractivity contribution in [2.24, 2.45) is 0 Å². The largest absolute Gasteiger partial charge is 0.480 e. The molecule has 4 nitrogen and oxygen atoms in total. The molecule has 1 aromatic carbocycles. The zero-order chi connectivity index (χ0) is 15.0. The van der Waals surface area contributed by atoms with E-state index < -0.39 is 5.97 Å². The average Bonchev–Trinajstić information content (AvgIpc) is 3.31. The predicted molar refractivity (Wildman–Crippen MR) is 75.1 cm³/mol. The number of nitrogens with zero attached hydrogens (tertiary/aromatic N) is 1. The van der Waals surface area contributed by atoms with Gasteiger partial charge in [-0.2, -0.15) is 0 Å². The van der Waals surface area contributed by atoms with Crippen LogP contribution in [0.2, 0.25) is 0 Å². The van der Waals surface area contributed by atoms with Crippen molar-refractivity contribution in [3.63, 3.8) is 0 Å². The molecule has 21 heavy (non-hydrogen) atoms. The lowest BCUT2D eigenvalue weighted by atomic mass is 9.99. The Kier molecular flexibility index (Phi) is 3.33. The zero-order valence-corrected chi connectivity index (χ0v) is 11.5. The number of hydrogen-bond donors (Lipinski definition) is 1. The van der Waals surface area contributed by atoms with Gasteiger partial charge in [0.05, 0.1) is 12.8 Å². The summed E-state index contributed by atoms with van der Waals surface area (Å²) in [6.45, 7) is 0. The Labute approximate surface area is 121 Å². The number of carbonyl (C=O) groups is 1. The molecule has 0 aliphatic heterocycles. The van der Waals surface area contributed by atoms with Crippen molar-refractivity contribution in [3.8, 4) is 17.0 Å². The van der Waals surface area contributed by atoms with Crippen LogP contribution in [0.4, 0.5) is 4.39 Å². The Morgan fingerprint density at radius 2 is 2.00 bits per heavy atom. The maximum absolute atomic E-state index is 13.1. The van der Waals surface area contributed by atoms with E-state index in [0.29, 0.717) is 5.92 Å². The lowest BCUT2D eigenvalue weighted by Crippen LogP contribution is -2.06. The van der Waals surface area contributed by atoms with E-state index >= 15 is 0 Å². The first kappa shape index (κ1) is 13.5. The molecule has 1 heterocycles. The summed E-state index contributed by atoms with van der Waals surface area (Å²) in [6.07, 6.45) is 2.05. The minimum atomic E-state index is -1.09. The minimum Gasteiger partial charge on any atom is -0.480 e. The van der Waals surface area contributed by atoms with Crippen molar-refractivity contribution >= 4 is 5.97 Å². The van der Waals surface area contributed by atoms with Gasteiger partial charge in [-0.05, 0) is 36.6 Å². The molecule has 1 fully saturated rings. The van der Waals surface area contributed by atoms with Crippen LogP contribution in [0.25, 0.3) is 11.1 Å². The molecule has 0 saturated heterocycles. The number of carboxylic acid groups (broad SMARTS) is 1. The highest BCUT2D eigenvalue weighted by atomic mass is 19.1. The van der Waals surface area contributed by atoms with Crippen LogP contribution in [-0.4, -0.2) is 23.2 Å². The van der Waals surface area contributed by atoms with Crippen LogP contribution >= 0.6 is 0 Å². The van der Waals surface area contributed by atoms with E-state index in [1.807, 2.05) is 0 Å². The molecule has 1 N–H and O–H groups in total. The number of carboxylic acids is 1. The van der Waals surface area contributed by atoms with Crippen LogP contribution in [-0.2, 0) is 0 Å². The molecule has 0 amide bonds. The molecule has 108 valence electrons. The van der Waals surface area contributed by atoms with Gasteiger partial charge in [-0.1, -0.05) is 12.1 Å². The molecule has 0 spiro atoms. The van der Waals surface area contributed by atoms with E-state index in [2.05, 4.69) is 4.98 Å². The molecule has 1 aliphatic carbocycles. The minimum absolute atomic E-state index is 0.0150. The van der Waals surface area contributed by atoms with Crippen LogP contribution in [0.15, 0.2) is 30.3 Å². The Bertz CT molecular complexity index is 693. The fraction of sp³-hybridized carbons (Fsp3) is 0.250. The number of hydrogen-bond acceptors (Lipinski definition) is 3. The topological polar surface area (TPSA) is 59.4 Å². The summed E-state index contributed by atoms with van der Waals surface area (Å²) in [5.41, 5.74) is 2.33. The van der Waals surface area contributed by atoms with Crippen molar-refractivity contribution < 1.29 is 19.0 Å². The maximum Gasteiger partial charge on any atom is 0.341 e. The number of aromatic nitrogens is 1. The smallest absolute Gasteiger partial charge is 0.341 e. The highest BCUT2D eigenvalue weighted by Gasteiger charge is 2.30. The third-order valence-corrected chi connectivity index (χ3v) is 3.56. The fourth-order valence-electron chi connectivity index (χ4n) is 2.35. The number of pyridine rings is 1. The highest BCUT2D eigenvalue weighted by Crippen LogP contribution is 2.44. The molecule has 5 heteroatoms. The zero-order valence-electron chi connectivity index (χ0n) is 11.5. The third kappa shape index (κ3) is 2.59. The second-order valence-electron chi connectivity index (χ2n) is 5.06. The number of ether oxygens (including phenoxy) is 1. The molecule has 3 rings (SSSR count). The number of rotatable bonds is 4. The first-order valence-corrected chi connectivity index (χ1v) is 6.68. The van der Waals surface area contributed by atoms with Crippen molar-refractivity contribution in [1.82, 2.24) is 4.98 Å². The first-order chi connectivity index (χ1) is 10.1. The molecule has 1 aliphatic rings. The van der Waals surface area contributed by atoms with Crippen LogP contribution in [0.5, 0.6) is 5.88 Å². The molecular weight excluding hydrogens is 273 g/mol. The quantitative estimate of drug-likeness (QED) is 0.935. The molecule has 2 aromatic rings. The van der Waals surface area contributed by atoms with E-state index in [1.54, 1.807) is 18.2 Å². The second kappa shape index (κ2) is 5.16. The molecular formula is C16H14FNO3. The van der Waals surface area contributed by atoms with Gasteiger partial charge >= 0.3 is 5.97 Å². The van der Waals surface area contributed by atoms with Gasteiger partial charge in [-0.25, -0.2) is 14.2 Å². The Morgan fingerprint density at radius 3 is 2.52 bits per heavy atom. The van der Waals surface area contributed by atoms with Crippen LogP contribution < -0.4 is 4.74 Å². The fourth-order valence-corrected chi connectivity index (χ4v) is 2.35. The van der Waals surface area contributed by atoms with E-state index in [4.69, 9.17) is 4.74 Å². The Balaban J connectivity index is 2.19. The predicted octanol–water partition coefficient (Wildman–Crippen LogP) is 3.47. The average molecular weight is 287 g/mol. The first-order valence-electron chi connectivity index (χ1n) is 6.68. The normalized spacial score (nSPS) is 14.0. The van der Waals surface area contributed by atoms with Crippen LogP contribution in [0.3, 0.4) is 0 Å². The number of halogens is 1. The summed E-state index contributed by atoms with van der Waals surface area (Å²) in [5.74, 6) is -0.978. The third-order valence-electron chi connectivity index (χ3n) is 3.56. The summed E-state index contributed by atoms with van der Waals surface area (Å²) in [7, 11) is 1.41. The Morgan fingerprint density at radius 1 is 1.33 bits per heavy atom. The van der Waals surface area contributed by atoms with Crippen molar-refractivity contribution in [2.45, 2.75) is 18.8 Å². The second-order valence-corrected chi connectivity index (χ2v) is 5.06. The number of methoxy groups -OCH3 is 1. The van der Waals surface area contributed by atoms with Crippen molar-refractivity contribution in [2.75, 3.05) is 7.11 Å². The highest BCUT2D eigenvalue weighted by molar-refractivity contribution is 5.92. The summed E-state index contributed by atoms with van der Waals surface area (Å²) in [6, 6.07) is 7.55. The summed E-state index contributed by atoms with van der Waals surface area (Å²) in [4.78, 5) is 15.7. The van der Waals surface area contributed by atoms with E-state index in [0.717, 1.165) is 29.7 Å².